The highest BCUT2D eigenvalue weighted by Gasteiger charge is 2.41. The number of alkyl halides is 3. The third-order valence-corrected chi connectivity index (χ3v) is 5.37. The predicted molar refractivity (Wildman–Crippen MR) is 132 cm³/mol. The van der Waals surface area contributed by atoms with Gasteiger partial charge in [0.2, 0.25) is 11.2 Å². The minimum absolute atomic E-state index is 0.0910. The van der Waals surface area contributed by atoms with E-state index in [1.54, 1.807) is 37.3 Å². The molecular formula is C27H20ClF3O7. The smallest absolute Gasteiger partial charge is 0.453 e. The number of benzene rings is 3. The third-order valence-electron chi connectivity index (χ3n) is 5.12. The molecule has 0 saturated carbocycles. The lowest BCUT2D eigenvalue weighted by atomic mass is 10.2. The maximum Gasteiger partial charge on any atom is 0.453 e. The summed E-state index contributed by atoms with van der Waals surface area (Å²) < 4.78 is 68.3. The maximum absolute atomic E-state index is 13.9. The van der Waals surface area contributed by atoms with E-state index in [2.05, 4.69) is 0 Å². The Labute approximate surface area is 219 Å². The molecule has 1 heterocycles. The second-order valence-electron chi connectivity index (χ2n) is 7.86. The number of halogens is 4. The van der Waals surface area contributed by atoms with Crippen LogP contribution in [0.15, 0.2) is 75.9 Å². The molecule has 7 nitrogen and oxygen atoms in total. The van der Waals surface area contributed by atoms with Crippen LogP contribution in [0.4, 0.5) is 13.2 Å². The number of fused-ring (bicyclic) bond motifs is 1. The number of carbonyl (C=O) groups is 1. The Bertz CT molecular complexity index is 1510. The highest BCUT2D eigenvalue weighted by Crippen LogP contribution is 2.40. The van der Waals surface area contributed by atoms with Crippen molar-refractivity contribution >= 4 is 28.5 Å². The summed E-state index contributed by atoms with van der Waals surface area (Å²) in [5.74, 6) is -3.26. The molecule has 0 aliphatic carbocycles. The second kappa shape index (κ2) is 11.1. The molecule has 1 aromatic heterocycles. The van der Waals surface area contributed by atoms with E-state index in [1.165, 1.54) is 37.3 Å². The topological polar surface area (TPSA) is 84.2 Å². The highest BCUT2D eigenvalue weighted by molar-refractivity contribution is 6.30. The minimum Gasteiger partial charge on any atom is -0.490 e. The quantitative estimate of drug-likeness (QED) is 0.173. The van der Waals surface area contributed by atoms with Crippen molar-refractivity contribution in [1.29, 1.82) is 0 Å². The normalized spacial score (nSPS) is 12.2. The van der Waals surface area contributed by atoms with E-state index >= 15 is 0 Å². The van der Waals surface area contributed by atoms with Crippen molar-refractivity contribution in [3.8, 4) is 28.7 Å². The van der Waals surface area contributed by atoms with Crippen LogP contribution in [0.5, 0.6) is 28.7 Å². The van der Waals surface area contributed by atoms with Gasteiger partial charge in [-0.2, -0.15) is 13.2 Å². The van der Waals surface area contributed by atoms with Gasteiger partial charge in [0.15, 0.2) is 17.6 Å². The van der Waals surface area contributed by atoms with Crippen molar-refractivity contribution in [2.75, 3.05) is 6.61 Å². The first kappa shape index (κ1) is 26.9. The second-order valence-corrected chi connectivity index (χ2v) is 8.30. The van der Waals surface area contributed by atoms with E-state index in [4.69, 9.17) is 35.0 Å². The average Bonchev–Trinajstić information content (AvgIpc) is 2.87. The summed E-state index contributed by atoms with van der Waals surface area (Å²) in [7, 11) is 0. The molecule has 0 radical (unpaired) electrons. The zero-order valence-electron chi connectivity index (χ0n) is 20.0. The van der Waals surface area contributed by atoms with Gasteiger partial charge in [-0.25, -0.2) is 4.79 Å². The minimum atomic E-state index is -5.07. The lowest BCUT2D eigenvalue weighted by Gasteiger charge is -2.16. The summed E-state index contributed by atoms with van der Waals surface area (Å²) in [5.41, 5.74) is -1.52. The molecule has 0 saturated heterocycles. The van der Waals surface area contributed by atoms with Crippen molar-refractivity contribution in [2.45, 2.75) is 26.1 Å². The van der Waals surface area contributed by atoms with Crippen LogP contribution >= 0.6 is 11.6 Å². The summed E-state index contributed by atoms with van der Waals surface area (Å²) >= 11 is 5.82. The Kier molecular flexibility index (Phi) is 7.82. The third kappa shape index (κ3) is 6.03. The molecule has 3 aromatic carbocycles. The molecule has 1 unspecified atom stereocenters. The summed E-state index contributed by atoms with van der Waals surface area (Å²) in [6.07, 6.45) is -6.14. The Balaban J connectivity index is 1.65. The largest absolute Gasteiger partial charge is 0.490 e. The zero-order valence-corrected chi connectivity index (χ0v) is 20.8. The van der Waals surface area contributed by atoms with Crippen molar-refractivity contribution in [3.63, 3.8) is 0 Å². The molecule has 4 rings (SSSR count). The van der Waals surface area contributed by atoms with E-state index in [1.807, 2.05) is 0 Å². The molecule has 198 valence electrons. The van der Waals surface area contributed by atoms with Gasteiger partial charge in [0.05, 0.1) is 12.0 Å². The van der Waals surface area contributed by atoms with Gasteiger partial charge in [-0.3, -0.25) is 4.79 Å². The van der Waals surface area contributed by atoms with Gasteiger partial charge in [0.1, 0.15) is 17.1 Å². The van der Waals surface area contributed by atoms with Crippen LogP contribution in [0.3, 0.4) is 0 Å². The van der Waals surface area contributed by atoms with E-state index in [-0.39, 0.29) is 29.2 Å². The van der Waals surface area contributed by atoms with Crippen LogP contribution in [0.1, 0.15) is 19.6 Å². The van der Waals surface area contributed by atoms with Gasteiger partial charge < -0.3 is 23.4 Å². The summed E-state index contributed by atoms with van der Waals surface area (Å²) in [6.45, 7) is 3.35. The van der Waals surface area contributed by atoms with Crippen LogP contribution < -0.4 is 24.4 Å². The van der Waals surface area contributed by atoms with Crippen LogP contribution in [-0.4, -0.2) is 18.7 Å². The Morgan fingerprint density at radius 1 is 1.00 bits per heavy atom. The van der Waals surface area contributed by atoms with Crippen LogP contribution in [0.25, 0.3) is 11.0 Å². The molecule has 38 heavy (non-hydrogen) atoms. The lowest BCUT2D eigenvalue weighted by molar-refractivity contribution is -0.154. The summed E-state index contributed by atoms with van der Waals surface area (Å²) in [5, 5.41) is 0.266. The lowest BCUT2D eigenvalue weighted by Crippen LogP contribution is -2.28. The predicted octanol–water partition coefficient (Wildman–Crippen LogP) is 7.03. The van der Waals surface area contributed by atoms with E-state index < -0.39 is 40.8 Å². The molecule has 0 amide bonds. The average molecular weight is 549 g/mol. The summed E-state index contributed by atoms with van der Waals surface area (Å²) in [6, 6.07) is 15.7. The number of para-hydroxylation sites is 2. The van der Waals surface area contributed by atoms with E-state index in [0.717, 1.165) is 6.07 Å². The maximum atomic E-state index is 13.9. The molecule has 0 aliphatic rings. The molecule has 1 atom stereocenters. The monoisotopic (exact) mass is 548 g/mol. The van der Waals surface area contributed by atoms with E-state index in [9.17, 15) is 22.8 Å². The number of hydrogen-bond acceptors (Lipinski definition) is 7. The van der Waals surface area contributed by atoms with E-state index in [0.29, 0.717) is 10.8 Å². The highest BCUT2D eigenvalue weighted by atomic mass is 35.5. The van der Waals surface area contributed by atoms with Crippen LogP contribution in [0, 0.1) is 0 Å². The zero-order chi connectivity index (χ0) is 27.4. The Morgan fingerprint density at radius 3 is 2.32 bits per heavy atom. The Hall–Kier alpha value is -4.18. The first-order valence-corrected chi connectivity index (χ1v) is 11.7. The van der Waals surface area contributed by atoms with Crippen molar-refractivity contribution < 1.29 is 41.3 Å². The number of hydrogen-bond donors (Lipinski definition) is 0. The molecule has 0 N–H and O–H groups in total. The molecule has 0 aliphatic heterocycles. The van der Waals surface area contributed by atoms with Crippen molar-refractivity contribution in [3.05, 3.63) is 87.7 Å². The number of esters is 1. The van der Waals surface area contributed by atoms with Crippen molar-refractivity contribution in [2.24, 2.45) is 0 Å². The van der Waals surface area contributed by atoms with Gasteiger partial charge in [0.25, 0.3) is 5.76 Å². The molecule has 0 bridgehead atoms. The first-order chi connectivity index (χ1) is 18.1. The number of rotatable bonds is 8. The molecule has 0 fully saturated rings. The van der Waals surface area contributed by atoms with Crippen molar-refractivity contribution in [1.82, 2.24) is 0 Å². The SMILES string of the molecule is CCOc1ccccc1Oc1c(C(F)(F)F)oc2cc(OC(=O)C(C)Oc3ccc(Cl)cc3)ccc2c1=O. The standard InChI is InChI=1S/C27H20ClF3O7/c1-3-34-20-6-4-5-7-21(20)37-24-23(32)19-13-12-18(14-22(19)38-25(24)27(29,30)31)36-26(33)15(2)35-17-10-8-16(28)9-11-17/h4-15H,3H2,1-2H3. The van der Waals surface area contributed by atoms with Gasteiger partial charge in [0, 0.05) is 11.1 Å². The molecule has 11 heteroatoms. The van der Waals surface area contributed by atoms with Gasteiger partial charge in [-0.05, 0) is 62.4 Å². The number of ether oxygens (including phenoxy) is 4. The van der Waals surface area contributed by atoms with Gasteiger partial charge in [-0.1, -0.05) is 23.7 Å². The molecule has 4 aromatic rings. The van der Waals surface area contributed by atoms with Gasteiger partial charge in [-0.15, -0.1) is 0 Å². The number of carbonyl (C=O) groups excluding carboxylic acids is 1. The fourth-order valence-corrected chi connectivity index (χ4v) is 3.51. The fourth-order valence-electron chi connectivity index (χ4n) is 3.38. The molecule has 0 spiro atoms. The first-order valence-electron chi connectivity index (χ1n) is 11.3. The fraction of sp³-hybridized carbons (Fsp3) is 0.185. The van der Waals surface area contributed by atoms with Crippen LogP contribution in [0.2, 0.25) is 5.02 Å². The van der Waals surface area contributed by atoms with Gasteiger partial charge >= 0.3 is 12.1 Å². The Morgan fingerprint density at radius 2 is 1.66 bits per heavy atom. The van der Waals surface area contributed by atoms with Crippen LogP contribution in [-0.2, 0) is 11.0 Å². The summed E-state index contributed by atoms with van der Waals surface area (Å²) in [4.78, 5) is 25.6. The molecular weight excluding hydrogens is 529 g/mol.